The van der Waals surface area contributed by atoms with E-state index in [2.05, 4.69) is 38.3 Å². The van der Waals surface area contributed by atoms with Gasteiger partial charge in [-0.2, -0.15) is 0 Å². The molecule has 2 saturated heterocycles. The molecule has 0 radical (unpaired) electrons. The largest absolute Gasteiger partial charge is 0.366 e. The van der Waals surface area contributed by atoms with Crippen LogP contribution in [0.5, 0.6) is 0 Å². The first-order chi connectivity index (χ1) is 7.37. The minimum Gasteiger partial charge on any atom is -0.366 e. The van der Waals surface area contributed by atoms with E-state index in [1.54, 1.807) is 0 Å². The van der Waals surface area contributed by atoms with Crippen molar-refractivity contribution in [3.8, 4) is 0 Å². The molecular formula is C13H26N2O. The summed E-state index contributed by atoms with van der Waals surface area (Å²) in [7, 11) is 0. The van der Waals surface area contributed by atoms with E-state index in [9.17, 15) is 0 Å². The second-order valence-electron chi connectivity index (χ2n) is 6.62. The van der Waals surface area contributed by atoms with Gasteiger partial charge in [0.25, 0.3) is 0 Å². The number of piperidine rings is 1. The smallest absolute Gasteiger partial charge is 0.0838 e. The Morgan fingerprint density at radius 3 is 2.19 bits per heavy atom. The van der Waals surface area contributed by atoms with Crippen molar-refractivity contribution in [1.82, 2.24) is 10.6 Å². The second-order valence-corrected chi connectivity index (χ2v) is 6.62. The quantitative estimate of drug-likeness (QED) is 0.657. The van der Waals surface area contributed by atoms with E-state index in [1.165, 1.54) is 0 Å². The second kappa shape index (κ2) is 3.97. The van der Waals surface area contributed by atoms with E-state index in [4.69, 9.17) is 4.74 Å². The Morgan fingerprint density at radius 2 is 1.62 bits per heavy atom. The lowest BCUT2D eigenvalue weighted by Gasteiger charge is -2.54. The van der Waals surface area contributed by atoms with Gasteiger partial charge in [0, 0.05) is 13.1 Å². The normalized spacial score (nSPS) is 35.2. The van der Waals surface area contributed by atoms with Gasteiger partial charge in [0.2, 0.25) is 0 Å². The molecule has 0 aliphatic carbocycles. The molecule has 2 N–H and O–H groups in total. The number of morpholine rings is 1. The summed E-state index contributed by atoms with van der Waals surface area (Å²) in [4.78, 5) is 0. The Labute approximate surface area is 99.3 Å². The molecule has 0 aromatic rings. The lowest BCUT2D eigenvalue weighted by Crippen LogP contribution is -2.65. The summed E-state index contributed by atoms with van der Waals surface area (Å²) < 4.78 is 6.56. The van der Waals surface area contributed by atoms with Crippen molar-refractivity contribution in [2.75, 3.05) is 26.2 Å². The fourth-order valence-corrected chi connectivity index (χ4v) is 2.66. The molecule has 0 bridgehead atoms. The molecule has 3 nitrogen and oxygen atoms in total. The molecule has 1 spiro atoms. The maximum Gasteiger partial charge on any atom is 0.0838 e. The van der Waals surface area contributed by atoms with Crippen LogP contribution in [0.2, 0.25) is 0 Å². The zero-order chi connectivity index (χ0) is 11.9. The Kier molecular flexibility index (Phi) is 3.06. The fraction of sp³-hybridized carbons (Fsp3) is 1.00. The number of hydrogen-bond acceptors (Lipinski definition) is 3. The average Bonchev–Trinajstić information content (AvgIpc) is 2.16. The summed E-state index contributed by atoms with van der Waals surface area (Å²) in [5.41, 5.74) is 0.201. The summed E-state index contributed by atoms with van der Waals surface area (Å²) >= 11 is 0. The third-order valence-corrected chi connectivity index (χ3v) is 4.45. The molecule has 0 aromatic carbocycles. The van der Waals surface area contributed by atoms with Crippen LogP contribution in [0.4, 0.5) is 0 Å². The fourth-order valence-electron chi connectivity index (χ4n) is 2.66. The molecule has 0 amide bonds. The molecule has 3 heteroatoms. The van der Waals surface area contributed by atoms with Crippen LogP contribution < -0.4 is 10.6 Å². The standard InChI is InChI=1S/C13H26N2O/c1-11(2,3)12(4)9-15-10-13(16-12)5-7-14-8-6-13/h14-15H,5-10H2,1-4H3. The van der Waals surface area contributed by atoms with Gasteiger partial charge in [-0.25, -0.2) is 0 Å². The van der Waals surface area contributed by atoms with E-state index in [0.29, 0.717) is 0 Å². The maximum atomic E-state index is 6.56. The summed E-state index contributed by atoms with van der Waals surface area (Å²) in [5, 5.41) is 7.00. The van der Waals surface area contributed by atoms with E-state index >= 15 is 0 Å². The first-order valence-corrected chi connectivity index (χ1v) is 6.49. The number of rotatable bonds is 0. The highest BCUT2D eigenvalue weighted by Gasteiger charge is 2.48. The number of nitrogens with one attached hydrogen (secondary N) is 2. The summed E-state index contributed by atoms with van der Waals surface area (Å²) in [6.07, 6.45) is 2.26. The van der Waals surface area contributed by atoms with Gasteiger partial charge in [-0.3, -0.25) is 0 Å². The van der Waals surface area contributed by atoms with Crippen LogP contribution in [0.1, 0.15) is 40.5 Å². The number of ether oxygens (including phenoxy) is 1. The van der Waals surface area contributed by atoms with Gasteiger partial charge in [-0.05, 0) is 38.3 Å². The molecule has 2 aliphatic heterocycles. The van der Waals surface area contributed by atoms with Crippen LogP contribution >= 0.6 is 0 Å². The van der Waals surface area contributed by atoms with Crippen molar-refractivity contribution in [1.29, 1.82) is 0 Å². The highest BCUT2D eigenvalue weighted by molar-refractivity contribution is 5.01. The van der Waals surface area contributed by atoms with E-state index in [0.717, 1.165) is 39.0 Å². The van der Waals surface area contributed by atoms with E-state index < -0.39 is 0 Å². The monoisotopic (exact) mass is 226 g/mol. The first kappa shape index (κ1) is 12.3. The predicted molar refractivity (Wildman–Crippen MR) is 66.6 cm³/mol. The maximum absolute atomic E-state index is 6.56. The Morgan fingerprint density at radius 1 is 1.00 bits per heavy atom. The molecule has 2 heterocycles. The molecule has 0 saturated carbocycles. The third kappa shape index (κ3) is 2.13. The highest BCUT2D eigenvalue weighted by atomic mass is 16.5. The zero-order valence-electron chi connectivity index (χ0n) is 11.2. The summed E-state index contributed by atoms with van der Waals surface area (Å²) in [6, 6.07) is 0. The molecule has 1 atom stereocenters. The molecule has 2 aliphatic rings. The van der Waals surface area contributed by atoms with Crippen LogP contribution in [0, 0.1) is 5.41 Å². The SMILES string of the molecule is CC(C)(C)C1(C)CNCC2(CCNCC2)O1. The predicted octanol–water partition coefficient (Wildman–Crippen LogP) is 1.53. The van der Waals surface area contributed by atoms with Crippen molar-refractivity contribution in [3.05, 3.63) is 0 Å². The molecule has 94 valence electrons. The van der Waals surface area contributed by atoms with Crippen molar-refractivity contribution < 1.29 is 4.74 Å². The van der Waals surface area contributed by atoms with Gasteiger partial charge in [0.1, 0.15) is 0 Å². The summed E-state index contributed by atoms with van der Waals surface area (Å²) in [6.45, 7) is 13.2. The molecule has 16 heavy (non-hydrogen) atoms. The Hall–Kier alpha value is -0.120. The van der Waals surface area contributed by atoms with Crippen molar-refractivity contribution >= 4 is 0 Å². The lowest BCUT2D eigenvalue weighted by atomic mass is 9.75. The number of hydrogen-bond donors (Lipinski definition) is 2. The van der Waals surface area contributed by atoms with E-state index in [-0.39, 0.29) is 16.6 Å². The molecule has 2 rings (SSSR count). The van der Waals surface area contributed by atoms with Crippen molar-refractivity contribution in [2.24, 2.45) is 5.41 Å². The first-order valence-electron chi connectivity index (χ1n) is 6.49. The Bertz CT molecular complexity index is 248. The van der Waals surface area contributed by atoms with Gasteiger partial charge in [-0.15, -0.1) is 0 Å². The molecule has 1 unspecified atom stereocenters. The van der Waals surface area contributed by atoms with Gasteiger partial charge in [-0.1, -0.05) is 20.8 Å². The minimum atomic E-state index is -0.0530. The van der Waals surface area contributed by atoms with Crippen LogP contribution in [0.25, 0.3) is 0 Å². The highest BCUT2D eigenvalue weighted by Crippen LogP contribution is 2.41. The van der Waals surface area contributed by atoms with Crippen molar-refractivity contribution in [3.63, 3.8) is 0 Å². The molecular weight excluding hydrogens is 200 g/mol. The minimum absolute atomic E-state index is 0.0530. The Balaban J connectivity index is 2.14. The topological polar surface area (TPSA) is 33.3 Å². The van der Waals surface area contributed by atoms with Crippen LogP contribution in [-0.4, -0.2) is 37.4 Å². The van der Waals surface area contributed by atoms with E-state index in [1.807, 2.05) is 0 Å². The molecule has 2 fully saturated rings. The van der Waals surface area contributed by atoms with Crippen LogP contribution in [0.15, 0.2) is 0 Å². The van der Waals surface area contributed by atoms with Gasteiger partial charge >= 0.3 is 0 Å². The zero-order valence-corrected chi connectivity index (χ0v) is 11.2. The van der Waals surface area contributed by atoms with Crippen molar-refractivity contribution in [2.45, 2.75) is 51.7 Å². The average molecular weight is 226 g/mol. The molecule has 0 aromatic heterocycles. The van der Waals surface area contributed by atoms with Crippen LogP contribution in [-0.2, 0) is 4.74 Å². The van der Waals surface area contributed by atoms with Gasteiger partial charge in [0.05, 0.1) is 11.2 Å². The summed E-state index contributed by atoms with van der Waals surface area (Å²) in [5.74, 6) is 0. The van der Waals surface area contributed by atoms with Gasteiger partial charge in [0.15, 0.2) is 0 Å². The van der Waals surface area contributed by atoms with Crippen LogP contribution in [0.3, 0.4) is 0 Å². The lowest BCUT2D eigenvalue weighted by molar-refractivity contribution is -0.219. The third-order valence-electron chi connectivity index (χ3n) is 4.45. The van der Waals surface area contributed by atoms with Gasteiger partial charge < -0.3 is 15.4 Å².